The molecule has 0 fully saturated rings. The Balaban J connectivity index is 1.85. The number of hydrogen-bond acceptors (Lipinski definition) is 4. The number of ether oxygens (including phenoxy) is 1. The van der Waals surface area contributed by atoms with Gasteiger partial charge in [0.1, 0.15) is 23.5 Å². The van der Waals surface area contributed by atoms with E-state index in [4.69, 9.17) is 4.74 Å². The number of carbonyl (C=O) groups is 1. The Morgan fingerprint density at radius 2 is 2.17 bits per heavy atom. The number of nitriles is 1. The number of rotatable bonds is 6. The molecule has 2 aromatic heterocycles. The first-order chi connectivity index (χ1) is 13.8. The average Bonchev–Trinajstić information content (AvgIpc) is 3.27. The van der Waals surface area contributed by atoms with E-state index in [9.17, 15) is 14.4 Å². The minimum absolute atomic E-state index is 0.357. The number of benzene rings is 1. The number of hydrogen-bond donors (Lipinski definition) is 1. The van der Waals surface area contributed by atoms with E-state index >= 15 is 0 Å². The predicted molar refractivity (Wildman–Crippen MR) is 115 cm³/mol. The normalized spacial score (nSPS) is 11.7. The van der Waals surface area contributed by atoms with Crippen molar-refractivity contribution in [3.63, 3.8) is 0 Å². The summed E-state index contributed by atoms with van der Waals surface area (Å²) in [6.07, 6.45) is -0.853. The van der Waals surface area contributed by atoms with Crippen molar-refractivity contribution >= 4 is 39.0 Å². The van der Waals surface area contributed by atoms with E-state index in [1.807, 2.05) is 35.9 Å². The number of anilines is 1. The highest BCUT2D eigenvalue weighted by atomic mass is 79.9. The first-order valence-corrected chi connectivity index (χ1v) is 10.5. The Bertz CT molecular complexity index is 1090. The van der Waals surface area contributed by atoms with Crippen LogP contribution in [0.5, 0.6) is 5.75 Å². The third-order valence-electron chi connectivity index (χ3n) is 4.64. The largest absolute Gasteiger partial charge is 0.480 e. The Morgan fingerprint density at radius 1 is 1.41 bits per heavy atom. The summed E-state index contributed by atoms with van der Waals surface area (Å²) in [6.45, 7) is 5.95. The molecule has 0 aliphatic heterocycles. The fourth-order valence-corrected chi connectivity index (χ4v) is 4.06. The van der Waals surface area contributed by atoms with Crippen LogP contribution < -0.4 is 10.1 Å². The van der Waals surface area contributed by atoms with Gasteiger partial charge in [0.05, 0.1) is 16.6 Å². The highest BCUT2D eigenvalue weighted by Gasteiger charge is 2.23. The maximum absolute atomic E-state index is 13.3. The van der Waals surface area contributed by atoms with Crippen molar-refractivity contribution in [1.82, 2.24) is 4.57 Å². The minimum atomic E-state index is -0.853. The molecule has 1 amide bonds. The van der Waals surface area contributed by atoms with Gasteiger partial charge in [-0.3, -0.25) is 4.79 Å². The highest BCUT2D eigenvalue weighted by molar-refractivity contribution is 9.10. The van der Waals surface area contributed by atoms with Gasteiger partial charge in [0, 0.05) is 10.6 Å². The number of nitrogens with one attached hydrogen (secondary N) is 1. The maximum atomic E-state index is 13.3. The van der Waals surface area contributed by atoms with E-state index in [0.29, 0.717) is 28.1 Å². The van der Waals surface area contributed by atoms with Crippen LogP contribution in [0.3, 0.4) is 0 Å². The molecule has 0 bridgehead atoms. The molecule has 0 saturated heterocycles. The molecular formula is C21H19BrFN3O2S. The molecule has 2 heterocycles. The van der Waals surface area contributed by atoms with Gasteiger partial charge in [0.2, 0.25) is 0 Å². The summed E-state index contributed by atoms with van der Waals surface area (Å²) >= 11 is 4.84. The van der Waals surface area contributed by atoms with Crippen LogP contribution in [0.4, 0.5) is 10.2 Å². The average molecular weight is 476 g/mol. The zero-order valence-corrected chi connectivity index (χ0v) is 18.5. The summed E-state index contributed by atoms with van der Waals surface area (Å²) < 4.78 is 21.3. The lowest BCUT2D eigenvalue weighted by Gasteiger charge is -2.17. The number of aromatic nitrogens is 1. The van der Waals surface area contributed by atoms with Gasteiger partial charge in [-0.1, -0.05) is 6.07 Å². The standard InChI is InChI=1S/C21H19BrFN3O2S/c1-12-13(2)26(11-16-5-4-8-29-16)20(17(12)10-24)25-21(27)14(3)28-19-7-6-15(23)9-18(19)22/h4-9,14H,11H2,1-3H3,(H,25,27). The molecule has 0 aliphatic carbocycles. The molecule has 5 nitrogen and oxygen atoms in total. The number of thiophene rings is 1. The van der Waals surface area contributed by atoms with E-state index in [-0.39, 0.29) is 0 Å². The quantitative estimate of drug-likeness (QED) is 0.519. The molecule has 0 aliphatic rings. The monoisotopic (exact) mass is 475 g/mol. The molecule has 3 aromatic rings. The van der Waals surface area contributed by atoms with E-state index in [1.54, 1.807) is 18.3 Å². The van der Waals surface area contributed by atoms with Crippen LogP contribution in [0.15, 0.2) is 40.2 Å². The van der Waals surface area contributed by atoms with Crippen molar-refractivity contribution in [2.45, 2.75) is 33.4 Å². The van der Waals surface area contributed by atoms with Gasteiger partial charge >= 0.3 is 0 Å². The Labute approximate surface area is 180 Å². The summed E-state index contributed by atoms with van der Waals surface area (Å²) in [7, 11) is 0. The Hall–Kier alpha value is -2.63. The molecule has 0 spiro atoms. The van der Waals surface area contributed by atoms with Gasteiger partial charge < -0.3 is 14.6 Å². The van der Waals surface area contributed by atoms with Crippen LogP contribution in [0, 0.1) is 31.0 Å². The molecule has 150 valence electrons. The van der Waals surface area contributed by atoms with E-state index < -0.39 is 17.8 Å². The number of nitrogens with zero attached hydrogens (tertiary/aromatic N) is 2. The maximum Gasteiger partial charge on any atom is 0.266 e. The summed E-state index contributed by atoms with van der Waals surface area (Å²) in [4.78, 5) is 13.9. The first-order valence-electron chi connectivity index (χ1n) is 8.86. The van der Waals surface area contributed by atoms with Gasteiger partial charge in [0.15, 0.2) is 6.10 Å². The molecule has 1 N–H and O–H groups in total. The molecule has 8 heteroatoms. The third-order valence-corrected chi connectivity index (χ3v) is 6.12. The van der Waals surface area contributed by atoms with Gasteiger partial charge in [-0.15, -0.1) is 11.3 Å². The van der Waals surface area contributed by atoms with Crippen LogP contribution in [0.1, 0.15) is 28.6 Å². The van der Waals surface area contributed by atoms with Crippen LogP contribution in [0.25, 0.3) is 0 Å². The van der Waals surface area contributed by atoms with Gasteiger partial charge in [-0.2, -0.15) is 5.26 Å². The van der Waals surface area contributed by atoms with Gasteiger partial charge in [0.25, 0.3) is 5.91 Å². The minimum Gasteiger partial charge on any atom is -0.480 e. The summed E-state index contributed by atoms with van der Waals surface area (Å²) in [5.74, 6) is 0.00501. The third kappa shape index (κ3) is 4.52. The fraction of sp³-hybridized carbons (Fsp3) is 0.238. The van der Waals surface area contributed by atoms with Gasteiger partial charge in [-0.05, 0) is 71.9 Å². The van der Waals surface area contributed by atoms with Crippen molar-refractivity contribution in [3.8, 4) is 11.8 Å². The summed E-state index contributed by atoms with van der Waals surface area (Å²) in [5, 5.41) is 14.5. The van der Waals surface area contributed by atoms with Crippen molar-refractivity contribution in [1.29, 1.82) is 5.26 Å². The predicted octanol–water partition coefficient (Wildman–Crippen LogP) is 5.39. The molecule has 29 heavy (non-hydrogen) atoms. The molecule has 0 radical (unpaired) electrons. The zero-order valence-electron chi connectivity index (χ0n) is 16.1. The van der Waals surface area contributed by atoms with Crippen LogP contribution in [-0.2, 0) is 11.3 Å². The lowest BCUT2D eigenvalue weighted by molar-refractivity contribution is -0.122. The van der Waals surface area contributed by atoms with E-state index in [0.717, 1.165) is 16.1 Å². The first kappa shape index (κ1) is 21.1. The number of halogens is 2. The van der Waals surface area contributed by atoms with Crippen LogP contribution >= 0.6 is 27.3 Å². The Kier molecular flexibility index (Phi) is 6.40. The molecule has 3 rings (SSSR count). The smallest absolute Gasteiger partial charge is 0.266 e. The number of amides is 1. The van der Waals surface area contributed by atoms with Gasteiger partial charge in [-0.25, -0.2) is 4.39 Å². The lowest BCUT2D eigenvalue weighted by Crippen LogP contribution is -2.31. The topological polar surface area (TPSA) is 67.1 Å². The van der Waals surface area contributed by atoms with Crippen LogP contribution in [0.2, 0.25) is 0 Å². The SMILES string of the molecule is Cc1c(C#N)c(NC(=O)C(C)Oc2ccc(F)cc2Br)n(Cc2cccs2)c1C. The lowest BCUT2D eigenvalue weighted by atomic mass is 10.2. The summed E-state index contributed by atoms with van der Waals surface area (Å²) in [5.41, 5.74) is 2.18. The molecule has 1 aromatic carbocycles. The fourth-order valence-electron chi connectivity index (χ4n) is 2.92. The molecular weight excluding hydrogens is 457 g/mol. The van der Waals surface area contributed by atoms with Crippen molar-refractivity contribution in [2.75, 3.05) is 5.32 Å². The Morgan fingerprint density at radius 3 is 2.79 bits per heavy atom. The molecule has 0 saturated carbocycles. The molecule has 1 atom stereocenters. The van der Waals surface area contributed by atoms with Crippen molar-refractivity contribution in [2.24, 2.45) is 0 Å². The van der Waals surface area contributed by atoms with Crippen LogP contribution in [-0.4, -0.2) is 16.6 Å². The highest BCUT2D eigenvalue weighted by Crippen LogP contribution is 2.29. The van der Waals surface area contributed by atoms with Crippen molar-refractivity contribution in [3.05, 3.63) is 67.7 Å². The second-order valence-electron chi connectivity index (χ2n) is 6.54. The zero-order chi connectivity index (χ0) is 21.1. The van der Waals surface area contributed by atoms with Crippen molar-refractivity contribution < 1.29 is 13.9 Å². The number of carbonyl (C=O) groups excluding carboxylic acids is 1. The second kappa shape index (κ2) is 8.80. The second-order valence-corrected chi connectivity index (χ2v) is 8.42. The van der Waals surface area contributed by atoms with E-state index in [2.05, 4.69) is 27.3 Å². The molecule has 1 unspecified atom stereocenters. The van der Waals surface area contributed by atoms with E-state index in [1.165, 1.54) is 18.2 Å². The summed E-state index contributed by atoms with van der Waals surface area (Å²) in [6, 6.07) is 10.2.